The van der Waals surface area contributed by atoms with Gasteiger partial charge in [-0.1, -0.05) is 44.2 Å². The molecule has 25 heavy (non-hydrogen) atoms. The van der Waals surface area contributed by atoms with Gasteiger partial charge in [0.05, 0.1) is 11.0 Å². The average Bonchev–Trinajstić information content (AvgIpc) is 2.58. The number of hydrogen-bond acceptors (Lipinski definition) is 4. The van der Waals surface area contributed by atoms with Gasteiger partial charge in [0.25, 0.3) is 0 Å². The normalized spacial score (nSPS) is 12.7. The van der Waals surface area contributed by atoms with Crippen LogP contribution in [0.25, 0.3) is 10.8 Å². The van der Waals surface area contributed by atoms with E-state index in [9.17, 15) is 13.2 Å². The number of rotatable bonds is 7. The summed E-state index contributed by atoms with van der Waals surface area (Å²) in [5, 5.41) is 12.7. The van der Waals surface area contributed by atoms with Crippen LogP contribution in [0.1, 0.15) is 20.3 Å². The van der Waals surface area contributed by atoms with E-state index in [0.29, 0.717) is 6.42 Å². The molecule has 0 saturated carbocycles. The van der Waals surface area contributed by atoms with Gasteiger partial charge in [-0.2, -0.15) is 9.98 Å². The Hall–Kier alpha value is -2.43. The first-order chi connectivity index (χ1) is 11.8. The smallest absolute Gasteiger partial charge is 0.241 e. The van der Waals surface area contributed by atoms with Crippen molar-refractivity contribution in [2.45, 2.75) is 31.2 Å². The second-order valence-corrected chi connectivity index (χ2v) is 7.90. The van der Waals surface area contributed by atoms with Crippen LogP contribution in [0.2, 0.25) is 0 Å². The third kappa shape index (κ3) is 5.02. The molecular weight excluding hydrogens is 338 g/mol. The molecule has 0 spiro atoms. The lowest BCUT2D eigenvalue weighted by Gasteiger charge is -2.19. The number of carbonyl (C=O) groups excluding carboxylic acids is 1. The number of nitriles is 1. The van der Waals surface area contributed by atoms with Crippen molar-refractivity contribution in [2.75, 3.05) is 6.54 Å². The highest BCUT2D eigenvalue weighted by molar-refractivity contribution is 7.89. The van der Waals surface area contributed by atoms with Crippen LogP contribution in [0.5, 0.6) is 0 Å². The zero-order valence-electron chi connectivity index (χ0n) is 14.2. The minimum absolute atomic E-state index is 0.105. The van der Waals surface area contributed by atoms with Crippen LogP contribution in [0, 0.1) is 17.2 Å². The van der Waals surface area contributed by atoms with E-state index in [0.717, 1.165) is 10.8 Å². The van der Waals surface area contributed by atoms with Crippen molar-refractivity contribution in [2.24, 2.45) is 5.92 Å². The number of fused-ring (bicyclic) bond motifs is 1. The Morgan fingerprint density at radius 2 is 1.84 bits per heavy atom. The van der Waals surface area contributed by atoms with Crippen LogP contribution in [0.15, 0.2) is 47.4 Å². The second-order valence-electron chi connectivity index (χ2n) is 6.19. The summed E-state index contributed by atoms with van der Waals surface area (Å²) in [4.78, 5) is 12.3. The Labute approximate surface area is 147 Å². The third-order valence-electron chi connectivity index (χ3n) is 3.69. The Morgan fingerprint density at radius 1 is 1.16 bits per heavy atom. The van der Waals surface area contributed by atoms with Crippen molar-refractivity contribution >= 4 is 26.7 Å². The zero-order valence-corrected chi connectivity index (χ0v) is 15.0. The van der Waals surface area contributed by atoms with Gasteiger partial charge < -0.3 is 5.32 Å². The van der Waals surface area contributed by atoms with E-state index in [4.69, 9.17) is 5.26 Å². The molecule has 0 aliphatic rings. The van der Waals surface area contributed by atoms with Gasteiger partial charge >= 0.3 is 0 Å². The molecular formula is C18H21N3O3S. The summed E-state index contributed by atoms with van der Waals surface area (Å²) in [5.41, 5.74) is 0. The Kier molecular flexibility index (Phi) is 6.12. The SMILES string of the molecule is CC(C)C[C@H](NS(=O)(=O)c1ccc2ccccc2c1)C(=O)NCC#N. The molecule has 1 atom stereocenters. The van der Waals surface area contributed by atoms with Crippen LogP contribution < -0.4 is 10.0 Å². The first-order valence-corrected chi connectivity index (χ1v) is 9.47. The molecule has 0 saturated heterocycles. The van der Waals surface area contributed by atoms with Crippen molar-refractivity contribution in [3.63, 3.8) is 0 Å². The molecule has 0 fully saturated rings. The molecule has 6 nitrogen and oxygen atoms in total. The standard InChI is InChI=1S/C18H21N3O3S/c1-13(2)11-17(18(22)20-10-9-19)21-25(23,24)16-8-7-14-5-3-4-6-15(14)12-16/h3-8,12-13,17,21H,10-11H2,1-2H3,(H,20,22)/t17-/m0/s1. The lowest BCUT2D eigenvalue weighted by atomic mass is 10.0. The number of hydrogen-bond donors (Lipinski definition) is 2. The third-order valence-corrected chi connectivity index (χ3v) is 5.16. The van der Waals surface area contributed by atoms with Crippen molar-refractivity contribution < 1.29 is 13.2 Å². The predicted octanol–water partition coefficient (Wildman–Crippen LogP) is 2.17. The lowest BCUT2D eigenvalue weighted by molar-refractivity contribution is -0.122. The largest absolute Gasteiger partial charge is 0.342 e. The molecule has 7 heteroatoms. The van der Waals surface area contributed by atoms with Gasteiger partial charge in [-0.25, -0.2) is 8.42 Å². The molecule has 0 radical (unpaired) electrons. The van der Waals surface area contributed by atoms with Gasteiger partial charge in [0.1, 0.15) is 12.6 Å². The van der Waals surface area contributed by atoms with Crippen LogP contribution >= 0.6 is 0 Å². The lowest BCUT2D eigenvalue weighted by Crippen LogP contribution is -2.47. The fourth-order valence-electron chi connectivity index (χ4n) is 2.52. The van der Waals surface area contributed by atoms with Crippen LogP contribution in [-0.2, 0) is 14.8 Å². The first kappa shape index (κ1) is 18.9. The molecule has 0 bridgehead atoms. The molecule has 132 valence electrons. The van der Waals surface area contributed by atoms with Crippen molar-refractivity contribution in [1.29, 1.82) is 5.26 Å². The highest BCUT2D eigenvalue weighted by Crippen LogP contribution is 2.19. The molecule has 0 heterocycles. The van der Waals surface area contributed by atoms with Crippen molar-refractivity contribution in [1.82, 2.24) is 10.0 Å². The second kappa shape index (κ2) is 8.10. The molecule has 0 aliphatic heterocycles. The van der Waals surface area contributed by atoms with Gasteiger partial charge in [0.15, 0.2) is 0 Å². The van der Waals surface area contributed by atoms with Gasteiger partial charge in [0, 0.05) is 0 Å². The zero-order chi connectivity index (χ0) is 18.4. The summed E-state index contributed by atoms with van der Waals surface area (Å²) < 4.78 is 27.8. The first-order valence-electron chi connectivity index (χ1n) is 7.99. The quantitative estimate of drug-likeness (QED) is 0.740. The van der Waals surface area contributed by atoms with Gasteiger partial charge in [0.2, 0.25) is 15.9 Å². The summed E-state index contributed by atoms with van der Waals surface area (Å²) in [5.74, 6) is -0.392. The molecule has 0 aliphatic carbocycles. The minimum atomic E-state index is -3.86. The van der Waals surface area contributed by atoms with E-state index in [2.05, 4.69) is 10.0 Å². The molecule has 2 aromatic carbocycles. The number of amides is 1. The van der Waals surface area contributed by atoms with E-state index in [1.165, 1.54) is 6.07 Å². The fraction of sp³-hybridized carbons (Fsp3) is 0.333. The molecule has 0 unspecified atom stereocenters. The number of nitrogens with zero attached hydrogens (tertiary/aromatic N) is 1. The number of carbonyl (C=O) groups is 1. The topological polar surface area (TPSA) is 99.1 Å². The van der Waals surface area contributed by atoms with Crippen molar-refractivity contribution in [3.05, 3.63) is 42.5 Å². The van der Waals surface area contributed by atoms with E-state index in [1.807, 2.05) is 44.2 Å². The Morgan fingerprint density at radius 3 is 2.48 bits per heavy atom. The fourth-order valence-corrected chi connectivity index (χ4v) is 3.76. The molecule has 2 aromatic rings. The Balaban J connectivity index is 2.28. The summed E-state index contributed by atoms with van der Waals surface area (Å²) in [6.45, 7) is 3.63. The van der Waals surface area contributed by atoms with Crippen LogP contribution in [-0.4, -0.2) is 26.9 Å². The van der Waals surface area contributed by atoms with E-state index >= 15 is 0 Å². The van der Waals surface area contributed by atoms with E-state index in [1.54, 1.807) is 12.1 Å². The molecule has 1 amide bonds. The van der Waals surface area contributed by atoms with E-state index < -0.39 is 22.0 Å². The molecule has 2 N–H and O–H groups in total. The van der Waals surface area contributed by atoms with Gasteiger partial charge in [-0.15, -0.1) is 0 Å². The van der Waals surface area contributed by atoms with Crippen LogP contribution in [0.4, 0.5) is 0 Å². The summed E-state index contributed by atoms with van der Waals surface area (Å²) >= 11 is 0. The highest BCUT2D eigenvalue weighted by atomic mass is 32.2. The summed E-state index contributed by atoms with van der Waals surface area (Å²) in [6, 6.07) is 13.2. The van der Waals surface area contributed by atoms with Gasteiger partial charge in [-0.3, -0.25) is 4.79 Å². The number of benzene rings is 2. The Bertz CT molecular complexity index is 901. The van der Waals surface area contributed by atoms with Gasteiger partial charge in [-0.05, 0) is 35.2 Å². The monoisotopic (exact) mass is 359 g/mol. The highest BCUT2D eigenvalue weighted by Gasteiger charge is 2.26. The maximum absolute atomic E-state index is 12.7. The summed E-state index contributed by atoms with van der Waals surface area (Å²) in [7, 11) is -3.86. The number of sulfonamides is 1. The van der Waals surface area contributed by atoms with E-state index in [-0.39, 0.29) is 17.4 Å². The maximum Gasteiger partial charge on any atom is 0.241 e. The summed E-state index contributed by atoms with van der Waals surface area (Å²) in [6.07, 6.45) is 0.337. The minimum Gasteiger partial charge on any atom is -0.342 e. The number of nitrogens with one attached hydrogen (secondary N) is 2. The van der Waals surface area contributed by atoms with Crippen LogP contribution in [0.3, 0.4) is 0 Å². The molecule has 2 rings (SSSR count). The predicted molar refractivity (Wildman–Crippen MR) is 96.1 cm³/mol. The van der Waals surface area contributed by atoms with Crippen molar-refractivity contribution in [3.8, 4) is 6.07 Å². The average molecular weight is 359 g/mol. The molecule has 0 aromatic heterocycles. The maximum atomic E-state index is 12.7.